The molecule has 0 fully saturated rings. The van der Waals surface area contributed by atoms with Crippen LogP contribution in [0.2, 0.25) is 0 Å². The van der Waals surface area contributed by atoms with Crippen LogP contribution < -0.4 is 4.72 Å². The van der Waals surface area contributed by atoms with Crippen LogP contribution in [-0.4, -0.2) is 47.0 Å². The van der Waals surface area contributed by atoms with Gasteiger partial charge in [0.2, 0.25) is 10.0 Å². The van der Waals surface area contributed by atoms with Crippen molar-refractivity contribution in [3.8, 4) is 0 Å². The molecular formula is C10H17NO5S2. The first-order chi connectivity index (χ1) is 8.61. The van der Waals surface area contributed by atoms with Crippen LogP contribution in [0.15, 0.2) is 16.3 Å². The van der Waals surface area contributed by atoms with Gasteiger partial charge < -0.3 is 14.6 Å². The van der Waals surface area contributed by atoms with E-state index in [-0.39, 0.29) is 24.7 Å². The largest absolute Gasteiger partial charge is 0.391 e. The summed E-state index contributed by atoms with van der Waals surface area (Å²) in [5.74, 6) is 0. The van der Waals surface area contributed by atoms with Gasteiger partial charge in [0.05, 0.1) is 31.3 Å². The summed E-state index contributed by atoms with van der Waals surface area (Å²) < 4.78 is 36.1. The third-order valence-electron chi connectivity index (χ3n) is 2.11. The van der Waals surface area contributed by atoms with E-state index in [0.29, 0.717) is 18.1 Å². The van der Waals surface area contributed by atoms with Crippen LogP contribution in [0, 0.1) is 0 Å². The highest BCUT2D eigenvalue weighted by Gasteiger charge is 2.18. The lowest BCUT2D eigenvalue weighted by Crippen LogP contribution is -2.28. The molecule has 0 atom stereocenters. The fourth-order valence-corrected chi connectivity index (χ4v) is 3.56. The Bertz CT molecular complexity index is 443. The van der Waals surface area contributed by atoms with Crippen LogP contribution in [0.5, 0.6) is 0 Å². The van der Waals surface area contributed by atoms with Crippen LogP contribution in [0.1, 0.15) is 4.88 Å². The van der Waals surface area contributed by atoms with Crippen molar-refractivity contribution in [3.05, 3.63) is 16.3 Å². The van der Waals surface area contributed by atoms with Crippen LogP contribution in [0.3, 0.4) is 0 Å². The number of hydrogen-bond acceptors (Lipinski definition) is 6. The summed E-state index contributed by atoms with van der Waals surface area (Å²) in [6.45, 7) is 1.09. The van der Waals surface area contributed by atoms with E-state index in [2.05, 4.69) is 4.72 Å². The summed E-state index contributed by atoms with van der Waals surface area (Å²) in [7, 11) is -1.99. The average molecular weight is 295 g/mol. The molecule has 0 radical (unpaired) electrons. The molecule has 0 amide bonds. The SMILES string of the molecule is COCCOCCNS(=O)(=O)c1ccsc1CO. The van der Waals surface area contributed by atoms with E-state index in [9.17, 15) is 8.42 Å². The summed E-state index contributed by atoms with van der Waals surface area (Å²) in [5.41, 5.74) is 0. The maximum atomic E-state index is 11.9. The molecule has 1 heterocycles. The lowest BCUT2D eigenvalue weighted by molar-refractivity contribution is 0.0736. The summed E-state index contributed by atoms with van der Waals surface area (Å²) in [5, 5.41) is 10.7. The predicted molar refractivity (Wildman–Crippen MR) is 68.1 cm³/mol. The summed E-state index contributed by atoms with van der Waals surface area (Å²) in [6.07, 6.45) is 0. The highest BCUT2D eigenvalue weighted by molar-refractivity contribution is 7.89. The summed E-state index contributed by atoms with van der Waals surface area (Å²) in [6, 6.07) is 1.48. The molecular weight excluding hydrogens is 278 g/mol. The number of ether oxygens (including phenoxy) is 2. The smallest absolute Gasteiger partial charge is 0.241 e. The molecule has 0 aliphatic carbocycles. The van der Waals surface area contributed by atoms with E-state index >= 15 is 0 Å². The predicted octanol–water partition coefficient (Wildman–Crippen LogP) is 0.182. The van der Waals surface area contributed by atoms with Gasteiger partial charge in [0, 0.05) is 18.5 Å². The van der Waals surface area contributed by atoms with Crippen molar-refractivity contribution in [2.75, 3.05) is 33.5 Å². The standard InChI is InChI=1S/C10H17NO5S2/c1-15-5-6-16-4-3-11-18(13,14)10-2-7-17-9(10)8-12/h2,7,11-12H,3-6,8H2,1H3. The number of aliphatic hydroxyl groups is 1. The lowest BCUT2D eigenvalue weighted by atomic mass is 10.5. The van der Waals surface area contributed by atoms with Crippen molar-refractivity contribution in [2.45, 2.75) is 11.5 Å². The van der Waals surface area contributed by atoms with E-state index in [1.54, 1.807) is 12.5 Å². The van der Waals surface area contributed by atoms with Crippen molar-refractivity contribution in [1.29, 1.82) is 0 Å². The van der Waals surface area contributed by atoms with E-state index in [4.69, 9.17) is 14.6 Å². The number of thiophene rings is 1. The van der Waals surface area contributed by atoms with Gasteiger partial charge in [-0.1, -0.05) is 0 Å². The topological polar surface area (TPSA) is 84.9 Å². The highest BCUT2D eigenvalue weighted by Crippen LogP contribution is 2.21. The Morgan fingerprint density at radius 2 is 2.17 bits per heavy atom. The first kappa shape index (κ1) is 15.5. The van der Waals surface area contributed by atoms with Crippen molar-refractivity contribution in [1.82, 2.24) is 4.72 Å². The van der Waals surface area contributed by atoms with Gasteiger partial charge in [-0.3, -0.25) is 0 Å². The molecule has 0 aliphatic rings. The van der Waals surface area contributed by atoms with Crippen molar-refractivity contribution in [3.63, 3.8) is 0 Å². The van der Waals surface area contributed by atoms with Crippen molar-refractivity contribution < 1.29 is 23.0 Å². The third-order valence-corrected chi connectivity index (χ3v) is 4.69. The molecule has 0 saturated heterocycles. The minimum absolute atomic E-state index is 0.131. The molecule has 0 aliphatic heterocycles. The number of sulfonamides is 1. The van der Waals surface area contributed by atoms with E-state index in [1.165, 1.54) is 17.4 Å². The Labute approximate surface area is 111 Å². The second-order valence-electron chi connectivity index (χ2n) is 3.37. The average Bonchev–Trinajstić information content (AvgIpc) is 2.82. The number of nitrogens with one attached hydrogen (secondary N) is 1. The third kappa shape index (κ3) is 4.63. The molecule has 0 aromatic carbocycles. The van der Waals surface area contributed by atoms with Crippen LogP contribution in [-0.2, 0) is 26.1 Å². The van der Waals surface area contributed by atoms with Crippen molar-refractivity contribution >= 4 is 21.4 Å². The van der Waals surface area contributed by atoms with E-state index < -0.39 is 10.0 Å². The molecule has 0 bridgehead atoms. The Morgan fingerprint density at radius 3 is 2.83 bits per heavy atom. The molecule has 1 aromatic heterocycles. The summed E-state index contributed by atoms with van der Waals surface area (Å²) >= 11 is 1.21. The fraction of sp³-hybridized carbons (Fsp3) is 0.600. The van der Waals surface area contributed by atoms with E-state index in [0.717, 1.165) is 0 Å². The highest BCUT2D eigenvalue weighted by atomic mass is 32.2. The first-order valence-corrected chi connectivity index (χ1v) is 7.71. The second-order valence-corrected chi connectivity index (χ2v) is 6.11. The zero-order valence-corrected chi connectivity index (χ0v) is 11.7. The maximum absolute atomic E-state index is 11.9. The molecule has 18 heavy (non-hydrogen) atoms. The quantitative estimate of drug-likeness (QED) is 0.635. The molecule has 8 heteroatoms. The lowest BCUT2D eigenvalue weighted by Gasteiger charge is -2.07. The van der Waals surface area contributed by atoms with Gasteiger partial charge in [0.25, 0.3) is 0 Å². The van der Waals surface area contributed by atoms with Gasteiger partial charge in [0.15, 0.2) is 0 Å². The number of rotatable bonds is 9. The molecule has 6 nitrogen and oxygen atoms in total. The monoisotopic (exact) mass is 295 g/mol. The number of hydrogen-bond donors (Lipinski definition) is 2. The zero-order chi connectivity index (χ0) is 13.4. The number of aliphatic hydroxyl groups excluding tert-OH is 1. The van der Waals surface area contributed by atoms with Gasteiger partial charge in [0.1, 0.15) is 0 Å². The van der Waals surface area contributed by atoms with E-state index in [1.807, 2.05) is 0 Å². The first-order valence-electron chi connectivity index (χ1n) is 5.35. The molecule has 1 rings (SSSR count). The Hall–Kier alpha value is -0.510. The molecule has 0 saturated carbocycles. The molecule has 104 valence electrons. The minimum Gasteiger partial charge on any atom is -0.391 e. The fourth-order valence-electron chi connectivity index (χ4n) is 1.25. The van der Waals surface area contributed by atoms with Crippen LogP contribution in [0.4, 0.5) is 0 Å². The van der Waals surface area contributed by atoms with Gasteiger partial charge in [-0.25, -0.2) is 13.1 Å². The van der Waals surface area contributed by atoms with Crippen LogP contribution >= 0.6 is 11.3 Å². The molecule has 1 aromatic rings. The molecule has 0 spiro atoms. The minimum atomic E-state index is -3.56. The van der Waals surface area contributed by atoms with Gasteiger partial charge in [-0.15, -0.1) is 11.3 Å². The second kappa shape index (κ2) is 7.82. The summed E-state index contributed by atoms with van der Waals surface area (Å²) in [4.78, 5) is 0.565. The Morgan fingerprint density at radius 1 is 1.39 bits per heavy atom. The Kier molecular flexibility index (Phi) is 6.76. The van der Waals surface area contributed by atoms with Gasteiger partial charge >= 0.3 is 0 Å². The van der Waals surface area contributed by atoms with Gasteiger partial charge in [-0.2, -0.15) is 0 Å². The Balaban J connectivity index is 2.41. The normalized spacial score (nSPS) is 11.9. The van der Waals surface area contributed by atoms with Gasteiger partial charge in [-0.05, 0) is 11.4 Å². The molecule has 0 unspecified atom stereocenters. The van der Waals surface area contributed by atoms with Crippen molar-refractivity contribution in [2.24, 2.45) is 0 Å². The zero-order valence-electron chi connectivity index (χ0n) is 10.1. The van der Waals surface area contributed by atoms with Crippen LogP contribution in [0.25, 0.3) is 0 Å². The maximum Gasteiger partial charge on any atom is 0.241 e. The number of methoxy groups -OCH3 is 1. The molecule has 2 N–H and O–H groups in total.